The smallest absolute Gasteiger partial charge is 0.182 e. The Morgan fingerprint density at radius 2 is 2.00 bits per heavy atom. The van der Waals surface area contributed by atoms with E-state index in [0.29, 0.717) is 23.8 Å². The Bertz CT molecular complexity index is 785. The number of fused-ring (bicyclic) bond motifs is 1. The highest BCUT2D eigenvalue weighted by Crippen LogP contribution is 2.39. The lowest BCUT2D eigenvalue weighted by Crippen LogP contribution is -2.13. The molecule has 3 heterocycles. The Labute approximate surface area is 122 Å². The molecule has 1 saturated carbocycles. The molecule has 0 spiro atoms. The molecule has 114 valence electrons. The van der Waals surface area contributed by atoms with Crippen molar-refractivity contribution in [3.05, 3.63) is 5.69 Å². The van der Waals surface area contributed by atoms with Gasteiger partial charge in [0.05, 0.1) is 28.6 Å². The molecule has 2 aromatic heterocycles. The fourth-order valence-electron chi connectivity index (χ4n) is 3.69. The average Bonchev–Trinajstić information content (AvgIpc) is 3.15. The second-order valence-corrected chi connectivity index (χ2v) is 8.43. The summed E-state index contributed by atoms with van der Waals surface area (Å²) < 4.78 is 25.2. The predicted octanol–water partition coefficient (Wildman–Crippen LogP) is 1.36. The molecule has 1 aliphatic carbocycles. The molecule has 1 unspecified atom stereocenters. The molecule has 0 bridgehead atoms. The average molecular weight is 309 g/mol. The van der Waals surface area contributed by atoms with E-state index >= 15 is 0 Å². The van der Waals surface area contributed by atoms with E-state index < -0.39 is 9.84 Å². The van der Waals surface area contributed by atoms with Gasteiger partial charge in [0.1, 0.15) is 5.82 Å². The molecular formula is C13H19N5O2S. The lowest BCUT2D eigenvalue weighted by atomic mass is 10.0. The number of aromatic nitrogens is 4. The molecule has 1 saturated heterocycles. The molecule has 3 N–H and O–H groups in total. The Morgan fingerprint density at radius 3 is 2.67 bits per heavy atom. The molecule has 4 rings (SSSR count). The van der Waals surface area contributed by atoms with Crippen LogP contribution in [-0.4, -0.2) is 39.9 Å². The van der Waals surface area contributed by atoms with Crippen LogP contribution in [-0.2, 0) is 9.84 Å². The highest BCUT2D eigenvalue weighted by molar-refractivity contribution is 7.91. The summed E-state index contributed by atoms with van der Waals surface area (Å²) in [6.07, 6.45) is 5.29. The van der Waals surface area contributed by atoms with Gasteiger partial charge in [-0.05, 0) is 19.3 Å². The summed E-state index contributed by atoms with van der Waals surface area (Å²) in [4.78, 5) is 0. The van der Waals surface area contributed by atoms with E-state index in [1.165, 1.54) is 12.8 Å². The molecule has 8 heteroatoms. The Balaban J connectivity index is 1.83. The van der Waals surface area contributed by atoms with Gasteiger partial charge in [-0.3, -0.25) is 5.10 Å². The van der Waals surface area contributed by atoms with Crippen molar-refractivity contribution >= 4 is 26.7 Å². The predicted molar refractivity (Wildman–Crippen MR) is 79.8 cm³/mol. The minimum absolute atomic E-state index is 0.115. The van der Waals surface area contributed by atoms with Crippen LogP contribution < -0.4 is 5.73 Å². The normalized spacial score (nSPS) is 26.0. The number of nitrogens with two attached hydrogens (primary N) is 1. The molecule has 1 atom stereocenters. The summed E-state index contributed by atoms with van der Waals surface area (Å²) >= 11 is 0. The van der Waals surface area contributed by atoms with E-state index in [2.05, 4.69) is 10.2 Å². The van der Waals surface area contributed by atoms with E-state index in [4.69, 9.17) is 10.8 Å². The van der Waals surface area contributed by atoms with Crippen molar-refractivity contribution in [1.29, 1.82) is 0 Å². The third-order valence-electron chi connectivity index (χ3n) is 4.76. The van der Waals surface area contributed by atoms with Crippen LogP contribution in [0.25, 0.3) is 11.0 Å². The minimum atomic E-state index is -2.95. The van der Waals surface area contributed by atoms with Crippen LogP contribution in [0.3, 0.4) is 0 Å². The Hall–Kier alpha value is -1.57. The quantitative estimate of drug-likeness (QED) is 0.871. The highest BCUT2D eigenvalue weighted by Gasteiger charge is 2.34. The van der Waals surface area contributed by atoms with Crippen LogP contribution >= 0.6 is 0 Å². The first kappa shape index (κ1) is 13.1. The molecule has 1 aliphatic heterocycles. The molecule has 0 aromatic carbocycles. The number of hydrogen-bond donors (Lipinski definition) is 2. The van der Waals surface area contributed by atoms with Crippen LogP contribution in [0.5, 0.6) is 0 Å². The van der Waals surface area contributed by atoms with Gasteiger partial charge in [0, 0.05) is 5.92 Å². The molecule has 0 amide bonds. The molecule has 2 fully saturated rings. The molecule has 2 aromatic rings. The SMILES string of the molecule is Nc1[nH]nc2c1c(C1CCCC1)nn2C1CCS(=O)(=O)C1. The number of nitrogens with one attached hydrogen (secondary N) is 1. The lowest BCUT2D eigenvalue weighted by molar-refractivity contribution is 0.499. The van der Waals surface area contributed by atoms with Crippen LogP contribution in [0, 0.1) is 0 Å². The second kappa shape index (κ2) is 4.46. The summed E-state index contributed by atoms with van der Waals surface area (Å²) in [6, 6.07) is -0.115. The van der Waals surface area contributed by atoms with Gasteiger partial charge in [0.2, 0.25) is 0 Å². The van der Waals surface area contributed by atoms with Crippen LogP contribution in [0.2, 0.25) is 0 Å². The maximum Gasteiger partial charge on any atom is 0.182 e. The Kier molecular flexibility index (Phi) is 2.79. The van der Waals surface area contributed by atoms with E-state index in [-0.39, 0.29) is 17.5 Å². The topological polar surface area (TPSA) is 107 Å². The maximum absolute atomic E-state index is 11.7. The van der Waals surface area contributed by atoms with Gasteiger partial charge < -0.3 is 5.73 Å². The van der Waals surface area contributed by atoms with E-state index in [0.717, 1.165) is 23.9 Å². The van der Waals surface area contributed by atoms with E-state index in [9.17, 15) is 8.42 Å². The van der Waals surface area contributed by atoms with Crippen LogP contribution in [0.1, 0.15) is 49.8 Å². The molecule has 2 aliphatic rings. The number of nitrogens with zero attached hydrogens (tertiary/aromatic N) is 3. The van der Waals surface area contributed by atoms with Crippen LogP contribution in [0.15, 0.2) is 0 Å². The molecule has 0 radical (unpaired) electrons. The number of nitrogen functional groups attached to an aromatic ring is 1. The fourth-order valence-corrected chi connectivity index (χ4v) is 5.38. The molecule has 21 heavy (non-hydrogen) atoms. The van der Waals surface area contributed by atoms with Crippen molar-refractivity contribution in [3.63, 3.8) is 0 Å². The monoisotopic (exact) mass is 309 g/mol. The van der Waals surface area contributed by atoms with Crippen LogP contribution in [0.4, 0.5) is 5.82 Å². The van der Waals surface area contributed by atoms with Gasteiger partial charge in [-0.1, -0.05) is 12.8 Å². The first-order valence-electron chi connectivity index (χ1n) is 7.47. The van der Waals surface area contributed by atoms with Gasteiger partial charge >= 0.3 is 0 Å². The number of hydrogen-bond acceptors (Lipinski definition) is 5. The summed E-state index contributed by atoms with van der Waals surface area (Å²) in [6.45, 7) is 0. The maximum atomic E-state index is 11.7. The number of anilines is 1. The van der Waals surface area contributed by atoms with Crippen molar-refractivity contribution in [1.82, 2.24) is 20.0 Å². The third-order valence-corrected chi connectivity index (χ3v) is 6.51. The zero-order valence-electron chi connectivity index (χ0n) is 11.7. The first-order chi connectivity index (χ1) is 10.1. The van der Waals surface area contributed by atoms with Gasteiger partial charge in [-0.25, -0.2) is 13.1 Å². The number of rotatable bonds is 2. The fraction of sp³-hybridized carbons (Fsp3) is 0.692. The van der Waals surface area contributed by atoms with Crippen molar-refractivity contribution < 1.29 is 8.42 Å². The summed E-state index contributed by atoms with van der Waals surface area (Å²) in [5, 5.41) is 12.7. The Morgan fingerprint density at radius 1 is 1.24 bits per heavy atom. The zero-order valence-corrected chi connectivity index (χ0v) is 12.6. The van der Waals surface area contributed by atoms with E-state index in [1.54, 1.807) is 4.68 Å². The zero-order chi connectivity index (χ0) is 14.6. The summed E-state index contributed by atoms with van der Waals surface area (Å²) in [5.41, 5.74) is 7.72. The van der Waals surface area contributed by atoms with Gasteiger partial charge in [0.25, 0.3) is 0 Å². The summed E-state index contributed by atoms with van der Waals surface area (Å²) in [5.74, 6) is 1.35. The van der Waals surface area contributed by atoms with Crippen molar-refractivity contribution in [2.24, 2.45) is 0 Å². The third kappa shape index (κ3) is 2.04. The number of sulfone groups is 1. The number of H-pyrrole nitrogens is 1. The number of aromatic amines is 1. The van der Waals surface area contributed by atoms with Crippen molar-refractivity contribution in [2.45, 2.75) is 44.1 Å². The highest BCUT2D eigenvalue weighted by atomic mass is 32.2. The van der Waals surface area contributed by atoms with Gasteiger partial charge in [0.15, 0.2) is 15.5 Å². The molecular weight excluding hydrogens is 290 g/mol. The van der Waals surface area contributed by atoms with Crippen molar-refractivity contribution in [2.75, 3.05) is 17.2 Å². The van der Waals surface area contributed by atoms with Crippen molar-refractivity contribution in [3.8, 4) is 0 Å². The lowest BCUT2D eigenvalue weighted by Gasteiger charge is -2.09. The van der Waals surface area contributed by atoms with E-state index in [1.807, 2.05) is 0 Å². The largest absolute Gasteiger partial charge is 0.383 e. The standard InChI is InChI=1S/C13H19N5O2S/c14-12-10-11(8-3-1-2-4-8)17-18(13(10)16-15-12)9-5-6-21(19,20)7-9/h8-9H,1-7H2,(H3,14,15,16). The summed E-state index contributed by atoms with van der Waals surface area (Å²) in [7, 11) is -2.95. The first-order valence-corrected chi connectivity index (χ1v) is 9.30. The minimum Gasteiger partial charge on any atom is -0.383 e. The van der Waals surface area contributed by atoms with Gasteiger partial charge in [-0.2, -0.15) is 10.2 Å². The second-order valence-electron chi connectivity index (χ2n) is 6.20. The van der Waals surface area contributed by atoms with Gasteiger partial charge in [-0.15, -0.1) is 0 Å². The molecule has 7 nitrogen and oxygen atoms in total.